The maximum absolute atomic E-state index is 13.0. The van der Waals surface area contributed by atoms with Gasteiger partial charge in [-0.15, -0.1) is 0 Å². The molecule has 2 heterocycles. The molecule has 3 aromatic rings. The van der Waals surface area contributed by atoms with Gasteiger partial charge in [0.15, 0.2) is 0 Å². The number of carbonyl (C=O) groups excluding carboxylic acids is 1. The van der Waals surface area contributed by atoms with Crippen molar-refractivity contribution in [3.63, 3.8) is 0 Å². The molecule has 1 aromatic carbocycles. The predicted octanol–water partition coefficient (Wildman–Crippen LogP) is 3.27. The third-order valence-corrected chi connectivity index (χ3v) is 3.93. The van der Waals surface area contributed by atoms with E-state index >= 15 is 0 Å². The summed E-state index contributed by atoms with van der Waals surface area (Å²) in [6.07, 6.45) is -3.05. The number of aryl methyl sites for hydroxylation is 1. The second-order valence-electron chi connectivity index (χ2n) is 5.92. The van der Waals surface area contributed by atoms with Gasteiger partial charge in [-0.05, 0) is 31.2 Å². The van der Waals surface area contributed by atoms with Gasteiger partial charge >= 0.3 is 6.18 Å². The highest BCUT2D eigenvalue weighted by Gasteiger charge is 2.33. The minimum atomic E-state index is -4.61. The van der Waals surface area contributed by atoms with Crippen molar-refractivity contribution in [2.75, 3.05) is 5.32 Å². The van der Waals surface area contributed by atoms with Crippen LogP contribution in [0, 0.1) is 6.92 Å². The van der Waals surface area contributed by atoms with Gasteiger partial charge in [-0.3, -0.25) is 19.1 Å². The number of hydrogen-bond donors (Lipinski definition) is 1. The summed E-state index contributed by atoms with van der Waals surface area (Å²) in [5.74, 6) is -0.526. The first-order valence-electron chi connectivity index (χ1n) is 8.21. The number of halogens is 3. The summed E-state index contributed by atoms with van der Waals surface area (Å²) in [6, 6.07) is 11.0. The van der Waals surface area contributed by atoms with Crippen molar-refractivity contribution in [2.24, 2.45) is 0 Å². The van der Waals surface area contributed by atoms with E-state index in [4.69, 9.17) is 0 Å². The molecule has 1 N–H and O–H groups in total. The first-order valence-corrected chi connectivity index (χ1v) is 8.21. The highest BCUT2D eigenvalue weighted by molar-refractivity contribution is 5.91. The third-order valence-electron chi connectivity index (χ3n) is 3.93. The Labute approximate surface area is 157 Å². The van der Waals surface area contributed by atoms with E-state index in [1.807, 2.05) is 0 Å². The van der Waals surface area contributed by atoms with E-state index < -0.39 is 29.8 Å². The Morgan fingerprint density at radius 3 is 2.46 bits per heavy atom. The molecule has 0 unspecified atom stereocenters. The molecule has 0 aliphatic rings. The number of benzene rings is 1. The number of hydrogen-bond acceptors (Lipinski definition) is 4. The summed E-state index contributed by atoms with van der Waals surface area (Å²) in [7, 11) is 0. The monoisotopic (exact) mass is 388 g/mol. The van der Waals surface area contributed by atoms with Crippen LogP contribution in [-0.4, -0.2) is 20.4 Å². The number of nitrogens with zero attached hydrogens (tertiary/aromatic N) is 3. The topological polar surface area (TPSA) is 76.9 Å². The molecular formula is C19H15F3N4O2. The lowest BCUT2D eigenvalue weighted by Crippen LogP contribution is -2.30. The van der Waals surface area contributed by atoms with E-state index in [0.717, 1.165) is 16.7 Å². The standard InChI is InChI=1S/C19H15F3N4O2/c1-12-24-16(15-8-4-5-9-23-15)10-18(28)26(12)11-17(27)25-14-7-3-2-6-13(14)19(20,21)22/h2-10H,11H2,1H3,(H,25,27). The zero-order valence-corrected chi connectivity index (χ0v) is 14.7. The molecule has 0 bridgehead atoms. The van der Waals surface area contributed by atoms with Crippen LogP contribution in [0.25, 0.3) is 11.4 Å². The van der Waals surface area contributed by atoms with Crippen LogP contribution in [0.3, 0.4) is 0 Å². The number of carbonyl (C=O) groups is 1. The normalized spacial score (nSPS) is 11.3. The van der Waals surface area contributed by atoms with E-state index in [-0.39, 0.29) is 11.5 Å². The molecule has 0 fully saturated rings. The lowest BCUT2D eigenvalue weighted by molar-refractivity contribution is -0.137. The summed E-state index contributed by atoms with van der Waals surface area (Å²) in [6.45, 7) is 1.07. The summed E-state index contributed by atoms with van der Waals surface area (Å²) < 4.78 is 40.2. The van der Waals surface area contributed by atoms with Crippen molar-refractivity contribution in [1.82, 2.24) is 14.5 Å². The summed E-state index contributed by atoms with van der Waals surface area (Å²) >= 11 is 0. The van der Waals surface area contributed by atoms with E-state index in [2.05, 4.69) is 15.3 Å². The summed E-state index contributed by atoms with van der Waals surface area (Å²) in [5, 5.41) is 2.21. The van der Waals surface area contributed by atoms with Gasteiger partial charge in [0.25, 0.3) is 5.56 Å². The quantitative estimate of drug-likeness (QED) is 0.744. The molecule has 28 heavy (non-hydrogen) atoms. The Morgan fingerprint density at radius 1 is 1.11 bits per heavy atom. The number of alkyl halides is 3. The number of pyridine rings is 1. The molecule has 0 spiro atoms. The van der Waals surface area contributed by atoms with Gasteiger partial charge in [-0.2, -0.15) is 13.2 Å². The molecule has 9 heteroatoms. The van der Waals surface area contributed by atoms with Gasteiger partial charge < -0.3 is 5.32 Å². The molecule has 144 valence electrons. The molecule has 0 aliphatic heterocycles. The number of anilines is 1. The molecule has 0 saturated carbocycles. The van der Waals surface area contributed by atoms with Crippen molar-refractivity contribution in [2.45, 2.75) is 19.6 Å². The number of nitrogens with one attached hydrogen (secondary N) is 1. The van der Waals surface area contributed by atoms with Crippen LogP contribution in [0.15, 0.2) is 59.5 Å². The van der Waals surface area contributed by atoms with Crippen molar-refractivity contribution in [3.8, 4) is 11.4 Å². The highest BCUT2D eigenvalue weighted by atomic mass is 19.4. The smallest absolute Gasteiger partial charge is 0.324 e. The lowest BCUT2D eigenvalue weighted by Gasteiger charge is -2.15. The van der Waals surface area contributed by atoms with Crippen molar-refractivity contribution in [3.05, 3.63) is 76.5 Å². The number of amides is 1. The fourth-order valence-electron chi connectivity index (χ4n) is 2.63. The van der Waals surface area contributed by atoms with Crippen LogP contribution in [-0.2, 0) is 17.5 Å². The van der Waals surface area contributed by atoms with Gasteiger partial charge in [-0.25, -0.2) is 4.98 Å². The molecule has 0 saturated heterocycles. The first kappa shape index (κ1) is 19.3. The second kappa shape index (κ2) is 7.63. The molecular weight excluding hydrogens is 373 g/mol. The Balaban J connectivity index is 1.83. The van der Waals surface area contributed by atoms with Crippen molar-refractivity contribution >= 4 is 11.6 Å². The largest absolute Gasteiger partial charge is 0.418 e. The Bertz CT molecular complexity index is 1060. The second-order valence-corrected chi connectivity index (χ2v) is 5.92. The minimum Gasteiger partial charge on any atom is -0.324 e. The van der Waals surface area contributed by atoms with Gasteiger partial charge in [0.1, 0.15) is 12.4 Å². The van der Waals surface area contributed by atoms with Gasteiger partial charge in [-0.1, -0.05) is 18.2 Å². The SMILES string of the molecule is Cc1nc(-c2ccccn2)cc(=O)n1CC(=O)Nc1ccccc1C(F)(F)F. The maximum Gasteiger partial charge on any atom is 0.418 e. The molecule has 0 atom stereocenters. The average Bonchev–Trinajstić information content (AvgIpc) is 2.65. The van der Waals surface area contributed by atoms with Crippen molar-refractivity contribution in [1.29, 1.82) is 0 Å². The molecule has 1 amide bonds. The maximum atomic E-state index is 13.0. The van der Waals surface area contributed by atoms with Crippen LogP contribution < -0.4 is 10.9 Å². The Morgan fingerprint density at radius 2 is 1.82 bits per heavy atom. The van der Waals surface area contributed by atoms with E-state index in [9.17, 15) is 22.8 Å². The van der Waals surface area contributed by atoms with Crippen LogP contribution in [0.5, 0.6) is 0 Å². The average molecular weight is 388 g/mol. The molecule has 3 rings (SSSR count). The fourth-order valence-corrected chi connectivity index (χ4v) is 2.63. The first-order chi connectivity index (χ1) is 13.3. The molecule has 0 aliphatic carbocycles. The summed E-state index contributed by atoms with van der Waals surface area (Å²) in [4.78, 5) is 33.0. The molecule has 6 nitrogen and oxygen atoms in total. The van der Waals surface area contributed by atoms with Crippen LogP contribution in [0.4, 0.5) is 18.9 Å². The lowest BCUT2D eigenvalue weighted by atomic mass is 10.1. The van der Waals surface area contributed by atoms with E-state index in [1.54, 1.807) is 24.4 Å². The van der Waals surface area contributed by atoms with Gasteiger partial charge in [0.2, 0.25) is 5.91 Å². The van der Waals surface area contributed by atoms with Crippen LogP contribution >= 0.6 is 0 Å². The zero-order chi connectivity index (χ0) is 20.3. The summed E-state index contributed by atoms with van der Waals surface area (Å²) in [5.41, 5.74) is -0.993. The van der Waals surface area contributed by atoms with Gasteiger partial charge in [0.05, 0.1) is 22.6 Å². The number of rotatable bonds is 4. The predicted molar refractivity (Wildman–Crippen MR) is 96.5 cm³/mol. The van der Waals surface area contributed by atoms with Crippen LogP contribution in [0.2, 0.25) is 0 Å². The fraction of sp³-hybridized carbons (Fsp3) is 0.158. The zero-order valence-electron chi connectivity index (χ0n) is 14.7. The Hall–Kier alpha value is -3.49. The molecule has 2 aromatic heterocycles. The van der Waals surface area contributed by atoms with Gasteiger partial charge in [0, 0.05) is 12.3 Å². The third kappa shape index (κ3) is 4.25. The van der Waals surface area contributed by atoms with Crippen molar-refractivity contribution < 1.29 is 18.0 Å². The minimum absolute atomic E-state index is 0.243. The van der Waals surface area contributed by atoms with Crippen LogP contribution in [0.1, 0.15) is 11.4 Å². The highest BCUT2D eigenvalue weighted by Crippen LogP contribution is 2.34. The Kier molecular flexibility index (Phi) is 5.25. The molecule has 0 radical (unpaired) electrons. The van der Waals surface area contributed by atoms with E-state index in [0.29, 0.717) is 11.4 Å². The number of aromatic nitrogens is 3. The van der Waals surface area contributed by atoms with E-state index in [1.165, 1.54) is 25.1 Å². The number of para-hydroxylation sites is 1.